The molecule has 1 rings (SSSR count). The highest BCUT2D eigenvalue weighted by molar-refractivity contribution is 5.76. The van der Waals surface area contributed by atoms with Crippen molar-refractivity contribution in [2.75, 3.05) is 0 Å². The molecule has 0 bridgehead atoms. The van der Waals surface area contributed by atoms with Gasteiger partial charge in [0, 0.05) is 0 Å². The fraction of sp³-hybridized carbons (Fsp3) is 0.667. The molecule has 62 valence electrons. The van der Waals surface area contributed by atoms with E-state index in [0.717, 1.165) is 0 Å². The molecule has 0 aliphatic heterocycles. The number of carboxylic acids is 1. The van der Waals surface area contributed by atoms with E-state index in [9.17, 15) is 4.79 Å². The van der Waals surface area contributed by atoms with Gasteiger partial charge in [-0.05, 0) is 18.3 Å². The van der Waals surface area contributed by atoms with Crippen LogP contribution in [0.25, 0.3) is 0 Å². The van der Waals surface area contributed by atoms with Gasteiger partial charge >= 0.3 is 5.97 Å². The van der Waals surface area contributed by atoms with Crippen LogP contribution in [0.15, 0.2) is 12.2 Å². The minimum Gasteiger partial charge on any atom is -0.481 e. The molecule has 2 nitrogen and oxygen atoms in total. The predicted octanol–water partition coefficient (Wildman–Crippen LogP) is 1.92. The first-order valence-corrected chi connectivity index (χ1v) is 3.87. The van der Waals surface area contributed by atoms with Gasteiger partial charge in [0.15, 0.2) is 0 Å². The highest BCUT2D eigenvalue weighted by atomic mass is 16.4. The molecule has 0 amide bonds. The third kappa shape index (κ3) is 1.17. The van der Waals surface area contributed by atoms with Gasteiger partial charge in [-0.1, -0.05) is 26.0 Å². The summed E-state index contributed by atoms with van der Waals surface area (Å²) < 4.78 is 0. The van der Waals surface area contributed by atoms with Crippen molar-refractivity contribution in [2.45, 2.75) is 20.8 Å². The molecule has 1 unspecified atom stereocenters. The van der Waals surface area contributed by atoms with E-state index in [-0.39, 0.29) is 17.3 Å². The number of carbonyl (C=O) groups is 1. The van der Waals surface area contributed by atoms with E-state index in [4.69, 9.17) is 5.11 Å². The molecule has 0 aromatic carbocycles. The van der Waals surface area contributed by atoms with E-state index in [2.05, 4.69) is 0 Å². The van der Waals surface area contributed by atoms with Crippen molar-refractivity contribution in [1.82, 2.24) is 0 Å². The highest BCUT2D eigenvalue weighted by Crippen LogP contribution is 2.58. The first-order chi connectivity index (χ1) is 5.01. The van der Waals surface area contributed by atoms with E-state index in [1.807, 2.05) is 32.9 Å². The van der Waals surface area contributed by atoms with Gasteiger partial charge in [-0.25, -0.2) is 0 Å². The minimum absolute atomic E-state index is 0.0294. The lowest BCUT2D eigenvalue weighted by Gasteiger charge is -1.95. The molecule has 0 aromatic rings. The number of hydrogen-bond donors (Lipinski definition) is 1. The van der Waals surface area contributed by atoms with Crippen LogP contribution in [0.4, 0.5) is 0 Å². The lowest BCUT2D eigenvalue weighted by molar-refractivity contribution is -0.139. The van der Waals surface area contributed by atoms with Crippen molar-refractivity contribution < 1.29 is 9.90 Å². The molecular weight excluding hydrogens is 140 g/mol. The average molecular weight is 154 g/mol. The summed E-state index contributed by atoms with van der Waals surface area (Å²) in [6.45, 7) is 5.92. The number of allylic oxidation sites excluding steroid dienone is 2. The second-order valence-corrected chi connectivity index (χ2v) is 3.69. The van der Waals surface area contributed by atoms with Gasteiger partial charge in [0.25, 0.3) is 0 Å². The molecule has 1 aliphatic rings. The van der Waals surface area contributed by atoms with Crippen molar-refractivity contribution in [3.63, 3.8) is 0 Å². The van der Waals surface area contributed by atoms with Gasteiger partial charge in [-0.3, -0.25) is 4.79 Å². The summed E-state index contributed by atoms with van der Waals surface area (Å²) in [6, 6.07) is 0. The summed E-state index contributed by atoms with van der Waals surface area (Å²) in [7, 11) is 0. The van der Waals surface area contributed by atoms with Crippen molar-refractivity contribution in [2.24, 2.45) is 17.3 Å². The Bertz CT molecular complexity index is 204. The Morgan fingerprint density at radius 3 is 2.36 bits per heavy atom. The number of carboxylic acid groups (broad SMARTS) is 1. The van der Waals surface area contributed by atoms with Crippen molar-refractivity contribution >= 4 is 5.97 Å². The zero-order valence-corrected chi connectivity index (χ0v) is 7.16. The molecule has 0 saturated heterocycles. The third-order valence-electron chi connectivity index (χ3n) is 2.58. The van der Waals surface area contributed by atoms with Crippen LogP contribution in [0.1, 0.15) is 20.8 Å². The lowest BCUT2D eigenvalue weighted by Crippen LogP contribution is -2.02. The zero-order valence-electron chi connectivity index (χ0n) is 7.16. The number of rotatable bonds is 2. The fourth-order valence-corrected chi connectivity index (χ4v) is 1.72. The van der Waals surface area contributed by atoms with Crippen LogP contribution in [0.2, 0.25) is 0 Å². The lowest BCUT2D eigenvalue weighted by atomic mass is 10.1. The Balaban J connectivity index is 2.68. The Hall–Kier alpha value is -0.790. The molecule has 0 radical (unpaired) electrons. The third-order valence-corrected chi connectivity index (χ3v) is 2.58. The Morgan fingerprint density at radius 2 is 2.09 bits per heavy atom. The molecule has 11 heavy (non-hydrogen) atoms. The van der Waals surface area contributed by atoms with Crippen LogP contribution < -0.4 is 0 Å². The monoisotopic (exact) mass is 154 g/mol. The molecule has 1 saturated carbocycles. The second-order valence-electron chi connectivity index (χ2n) is 3.69. The van der Waals surface area contributed by atoms with Crippen LogP contribution in [-0.2, 0) is 4.79 Å². The van der Waals surface area contributed by atoms with E-state index in [1.165, 1.54) is 0 Å². The smallest absolute Gasteiger partial charge is 0.307 e. The molecule has 1 aliphatic carbocycles. The van der Waals surface area contributed by atoms with Gasteiger partial charge < -0.3 is 5.11 Å². The molecular formula is C9H14O2. The Kier molecular flexibility index (Phi) is 1.78. The van der Waals surface area contributed by atoms with E-state index in [1.54, 1.807) is 0 Å². The molecule has 0 aromatic heterocycles. The summed E-state index contributed by atoms with van der Waals surface area (Å²) >= 11 is 0. The van der Waals surface area contributed by atoms with Crippen LogP contribution in [0.5, 0.6) is 0 Å². The van der Waals surface area contributed by atoms with Crippen molar-refractivity contribution in [3.8, 4) is 0 Å². The van der Waals surface area contributed by atoms with Gasteiger partial charge in [0.05, 0.1) is 5.92 Å². The van der Waals surface area contributed by atoms with Crippen LogP contribution in [-0.4, -0.2) is 11.1 Å². The van der Waals surface area contributed by atoms with Crippen LogP contribution >= 0.6 is 0 Å². The van der Waals surface area contributed by atoms with E-state index >= 15 is 0 Å². The van der Waals surface area contributed by atoms with Gasteiger partial charge in [-0.2, -0.15) is 0 Å². The predicted molar refractivity (Wildman–Crippen MR) is 43.2 cm³/mol. The summed E-state index contributed by atoms with van der Waals surface area (Å²) in [5.41, 5.74) is -0.0294. The quantitative estimate of drug-likeness (QED) is 0.617. The average Bonchev–Trinajstić information content (AvgIpc) is 2.35. The minimum atomic E-state index is -0.668. The van der Waals surface area contributed by atoms with Crippen LogP contribution in [0, 0.1) is 17.3 Å². The Morgan fingerprint density at radius 1 is 1.55 bits per heavy atom. The Labute approximate surface area is 66.9 Å². The van der Waals surface area contributed by atoms with E-state index in [0.29, 0.717) is 0 Å². The molecule has 1 N–H and O–H groups in total. The van der Waals surface area contributed by atoms with Crippen LogP contribution in [0.3, 0.4) is 0 Å². The normalized spacial score (nSPS) is 34.1. The largest absolute Gasteiger partial charge is 0.481 e. The molecule has 0 spiro atoms. The van der Waals surface area contributed by atoms with Gasteiger partial charge in [-0.15, -0.1) is 0 Å². The van der Waals surface area contributed by atoms with Crippen molar-refractivity contribution in [3.05, 3.63) is 12.2 Å². The maximum atomic E-state index is 10.6. The maximum Gasteiger partial charge on any atom is 0.307 e. The molecule has 0 heterocycles. The fourth-order valence-electron chi connectivity index (χ4n) is 1.72. The maximum absolute atomic E-state index is 10.6. The standard InChI is InChI=1S/C9H14O2/c1-4-5-6-7(8(10)11)9(6,2)3/h4-7H,1-3H3,(H,10,11)/t6-,7?/m1/s1. The topological polar surface area (TPSA) is 37.3 Å². The second kappa shape index (κ2) is 2.36. The number of hydrogen-bond acceptors (Lipinski definition) is 1. The molecule has 2 atom stereocenters. The zero-order chi connectivity index (χ0) is 8.65. The summed E-state index contributed by atoms with van der Waals surface area (Å²) in [5.74, 6) is -0.596. The van der Waals surface area contributed by atoms with Gasteiger partial charge in [0.2, 0.25) is 0 Å². The van der Waals surface area contributed by atoms with Crippen molar-refractivity contribution in [1.29, 1.82) is 0 Å². The molecule has 2 heteroatoms. The SMILES string of the molecule is CC=C[C@@H]1C(C(=O)O)C1(C)C. The number of aliphatic carboxylic acids is 1. The molecule has 1 fully saturated rings. The van der Waals surface area contributed by atoms with E-state index < -0.39 is 5.97 Å². The summed E-state index contributed by atoms with van der Waals surface area (Å²) in [5, 5.41) is 8.75. The summed E-state index contributed by atoms with van der Waals surface area (Å²) in [4.78, 5) is 10.6. The summed E-state index contributed by atoms with van der Waals surface area (Å²) in [6.07, 6.45) is 3.91. The first-order valence-electron chi connectivity index (χ1n) is 3.87. The first kappa shape index (κ1) is 8.31. The highest BCUT2D eigenvalue weighted by Gasteiger charge is 2.60. The van der Waals surface area contributed by atoms with Gasteiger partial charge in [0.1, 0.15) is 0 Å².